The fraction of sp³-hybridized carbons (Fsp3) is 0.400. The van der Waals surface area contributed by atoms with Gasteiger partial charge in [0.05, 0.1) is 0 Å². The molecule has 0 saturated carbocycles. The lowest BCUT2D eigenvalue weighted by atomic mass is 10.2. The molecule has 0 saturated heterocycles. The molecule has 1 aromatic rings. The first kappa shape index (κ1) is 17.0. The minimum atomic E-state index is -0.425. The fourth-order valence-electron chi connectivity index (χ4n) is 2.05. The average molecular weight is 384 g/mol. The van der Waals surface area contributed by atoms with Gasteiger partial charge in [-0.2, -0.15) is 4.99 Å². The van der Waals surface area contributed by atoms with Crippen LogP contribution in [-0.4, -0.2) is 40.2 Å². The van der Waals surface area contributed by atoms with Crippen molar-refractivity contribution in [3.8, 4) is 0 Å². The molecule has 0 aliphatic carbocycles. The molecule has 0 fully saturated rings. The number of thioether (sulfide) groups is 1. The van der Waals surface area contributed by atoms with Crippen LogP contribution in [0.1, 0.15) is 20.3 Å². The van der Waals surface area contributed by atoms with Gasteiger partial charge in [0, 0.05) is 29.7 Å². The second kappa shape index (κ2) is 7.78. The van der Waals surface area contributed by atoms with Crippen molar-refractivity contribution in [2.45, 2.75) is 25.5 Å². The van der Waals surface area contributed by atoms with E-state index in [4.69, 9.17) is 0 Å². The lowest BCUT2D eigenvalue weighted by Gasteiger charge is -2.19. The molecular formula is C15H18BrN3O2S. The summed E-state index contributed by atoms with van der Waals surface area (Å²) in [5, 5.41) is 3.09. The maximum absolute atomic E-state index is 12.1. The molecule has 1 atom stereocenters. The molecule has 1 heterocycles. The number of aliphatic imine (C=N–C) groups is 1. The van der Waals surface area contributed by atoms with Gasteiger partial charge in [-0.05, 0) is 38.1 Å². The summed E-state index contributed by atoms with van der Waals surface area (Å²) < 4.78 is 0.948. The van der Waals surface area contributed by atoms with Crippen LogP contribution in [0.3, 0.4) is 0 Å². The topological polar surface area (TPSA) is 61.8 Å². The quantitative estimate of drug-likeness (QED) is 0.848. The van der Waals surface area contributed by atoms with Gasteiger partial charge in [-0.25, -0.2) is 0 Å². The molecular weight excluding hydrogens is 366 g/mol. The minimum absolute atomic E-state index is 0.133. The predicted molar refractivity (Wildman–Crippen MR) is 94.1 cm³/mol. The lowest BCUT2D eigenvalue weighted by Crippen LogP contribution is -2.27. The molecule has 0 radical (unpaired) electrons. The summed E-state index contributed by atoms with van der Waals surface area (Å²) in [5.41, 5.74) is 0.716. The number of hydrogen-bond donors (Lipinski definition) is 1. The Morgan fingerprint density at radius 1 is 1.32 bits per heavy atom. The third-order valence-corrected chi connectivity index (χ3v) is 5.00. The van der Waals surface area contributed by atoms with Gasteiger partial charge in [-0.1, -0.05) is 27.7 Å². The van der Waals surface area contributed by atoms with Crippen molar-refractivity contribution >= 4 is 50.4 Å². The standard InChI is InChI=1S/C15H18BrN3O2S/c1-3-19(4-2)15-18-14(21)12(22-15)9-13(20)17-11-7-5-10(16)6-8-11/h5-8,12H,3-4,9H2,1-2H3,(H,17,20). The first-order valence-corrected chi connectivity index (χ1v) is 8.80. The first-order valence-electron chi connectivity index (χ1n) is 7.13. The number of benzene rings is 1. The molecule has 0 bridgehead atoms. The highest BCUT2D eigenvalue weighted by molar-refractivity contribution is 9.10. The maximum atomic E-state index is 12.1. The third-order valence-electron chi connectivity index (χ3n) is 3.26. The Hall–Kier alpha value is -1.34. The van der Waals surface area contributed by atoms with E-state index in [0.29, 0.717) is 5.69 Å². The summed E-state index contributed by atoms with van der Waals surface area (Å²) in [6.07, 6.45) is 0.133. The van der Waals surface area contributed by atoms with E-state index in [1.807, 2.05) is 43.0 Å². The highest BCUT2D eigenvalue weighted by atomic mass is 79.9. The van der Waals surface area contributed by atoms with E-state index in [1.54, 1.807) is 0 Å². The van der Waals surface area contributed by atoms with Gasteiger partial charge in [-0.3, -0.25) is 9.59 Å². The maximum Gasteiger partial charge on any atom is 0.262 e. The second-order valence-electron chi connectivity index (χ2n) is 4.77. The molecule has 1 unspecified atom stereocenters. The van der Waals surface area contributed by atoms with Gasteiger partial charge >= 0.3 is 0 Å². The summed E-state index contributed by atoms with van der Waals surface area (Å²) in [7, 11) is 0. The van der Waals surface area contributed by atoms with E-state index in [0.717, 1.165) is 22.7 Å². The van der Waals surface area contributed by atoms with Crippen molar-refractivity contribution in [2.75, 3.05) is 18.4 Å². The molecule has 1 N–H and O–H groups in total. The smallest absolute Gasteiger partial charge is 0.262 e. The van der Waals surface area contributed by atoms with E-state index in [2.05, 4.69) is 26.2 Å². The van der Waals surface area contributed by atoms with Gasteiger partial charge in [0.25, 0.3) is 5.91 Å². The van der Waals surface area contributed by atoms with Crippen LogP contribution < -0.4 is 5.32 Å². The van der Waals surface area contributed by atoms with Crippen molar-refractivity contribution in [2.24, 2.45) is 4.99 Å². The molecule has 22 heavy (non-hydrogen) atoms. The molecule has 2 amide bonds. The summed E-state index contributed by atoms with van der Waals surface area (Å²) in [6, 6.07) is 7.33. The molecule has 0 spiro atoms. The molecule has 0 aromatic heterocycles. The number of nitrogens with one attached hydrogen (secondary N) is 1. The van der Waals surface area contributed by atoms with Crippen LogP contribution in [-0.2, 0) is 9.59 Å². The third kappa shape index (κ3) is 4.33. The summed E-state index contributed by atoms with van der Waals surface area (Å²) >= 11 is 4.72. The molecule has 1 aliphatic rings. The number of anilines is 1. The van der Waals surface area contributed by atoms with Crippen LogP contribution in [0.5, 0.6) is 0 Å². The molecule has 1 aliphatic heterocycles. The van der Waals surface area contributed by atoms with E-state index < -0.39 is 5.25 Å². The van der Waals surface area contributed by atoms with Gasteiger partial charge in [0.1, 0.15) is 5.25 Å². The van der Waals surface area contributed by atoms with Crippen LogP contribution in [0.25, 0.3) is 0 Å². The molecule has 118 valence electrons. The number of carbonyl (C=O) groups excluding carboxylic acids is 2. The lowest BCUT2D eigenvalue weighted by molar-refractivity contribution is -0.121. The van der Waals surface area contributed by atoms with Crippen LogP contribution in [0.2, 0.25) is 0 Å². The number of amides is 2. The Morgan fingerprint density at radius 2 is 1.95 bits per heavy atom. The predicted octanol–water partition coefficient (Wildman–Crippen LogP) is 3.12. The van der Waals surface area contributed by atoms with Crippen LogP contribution in [0, 0.1) is 0 Å². The van der Waals surface area contributed by atoms with E-state index in [9.17, 15) is 9.59 Å². The number of amidine groups is 1. The highest BCUT2D eigenvalue weighted by Gasteiger charge is 2.32. The second-order valence-corrected chi connectivity index (χ2v) is 6.86. The minimum Gasteiger partial charge on any atom is -0.352 e. The normalized spacial score (nSPS) is 17.3. The molecule has 5 nitrogen and oxygen atoms in total. The van der Waals surface area contributed by atoms with Crippen LogP contribution in [0.4, 0.5) is 5.69 Å². The zero-order valence-corrected chi connectivity index (χ0v) is 14.9. The number of carbonyl (C=O) groups is 2. The van der Waals surface area contributed by atoms with Crippen LogP contribution >= 0.6 is 27.7 Å². The zero-order valence-electron chi connectivity index (χ0n) is 12.5. The van der Waals surface area contributed by atoms with Crippen molar-refractivity contribution in [3.63, 3.8) is 0 Å². The van der Waals surface area contributed by atoms with E-state index >= 15 is 0 Å². The van der Waals surface area contributed by atoms with Crippen LogP contribution in [0.15, 0.2) is 33.7 Å². The SMILES string of the molecule is CCN(CC)C1=NC(=O)C(CC(=O)Nc2ccc(Br)cc2)S1. The van der Waals surface area contributed by atoms with Gasteiger partial charge < -0.3 is 10.2 Å². The number of hydrogen-bond acceptors (Lipinski definition) is 4. The van der Waals surface area contributed by atoms with Gasteiger partial charge in [0.2, 0.25) is 5.91 Å². The van der Waals surface area contributed by atoms with Crippen molar-refractivity contribution in [1.82, 2.24) is 4.90 Å². The summed E-state index contributed by atoms with van der Waals surface area (Å²) in [5.74, 6) is -0.401. The van der Waals surface area contributed by atoms with Crippen molar-refractivity contribution < 1.29 is 9.59 Å². The van der Waals surface area contributed by atoms with Gasteiger partial charge in [0.15, 0.2) is 5.17 Å². The molecule has 2 rings (SSSR count). The Labute approximate surface area is 142 Å². The monoisotopic (exact) mass is 383 g/mol. The average Bonchev–Trinajstić information content (AvgIpc) is 2.84. The highest BCUT2D eigenvalue weighted by Crippen LogP contribution is 2.27. The summed E-state index contributed by atoms with van der Waals surface area (Å²) in [4.78, 5) is 30.1. The fourth-order valence-corrected chi connectivity index (χ4v) is 3.51. The first-order chi connectivity index (χ1) is 10.5. The Kier molecular flexibility index (Phi) is 6.02. The molecule has 1 aromatic carbocycles. The molecule has 7 heteroatoms. The number of nitrogens with zero attached hydrogens (tertiary/aromatic N) is 2. The van der Waals surface area contributed by atoms with Crippen molar-refractivity contribution in [1.29, 1.82) is 0 Å². The van der Waals surface area contributed by atoms with E-state index in [-0.39, 0.29) is 18.2 Å². The Morgan fingerprint density at radius 3 is 2.55 bits per heavy atom. The summed E-state index contributed by atoms with van der Waals surface area (Å²) in [6.45, 7) is 5.64. The number of halogens is 1. The zero-order chi connectivity index (χ0) is 16.1. The largest absolute Gasteiger partial charge is 0.352 e. The van der Waals surface area contributed by atoms with Gasteiger partial charge in [-0.15, -0.1) is 0 Å². The van der Waals surface area contributed by atoms with E-state index in [1.165, 1.54) is 11.8 Å². The van der Waals surface area contributed by atoms with Crippen molar-refractivity contribution in [3.05, 3.63) is 28.7 Å². The Balaban J connectivity index is 1.90. The number of rotatable bonds is 5. The Bertz CT molecular complexity index is 585.